The molecule has 5 nitrogen and oxygen atoms in total. The minimum atomic E-state index is -0.524. The number of carbonyl (C=O) groups is 1. The lowest BCUT2D eigenvalue weighted by atomic mass is 9.85. The molecule has 0 aliphatic heterocycles. The molecule has 0 unspecified atom stereocenters. The van der Waals surface area contributed by atoms with Crippen molar-refractivity contribution >= 4 is 11.8 Å². The summed E-state index contributed by atoms with van der Waals surface area (Å²) in [5, 5.41) is 2.75. The molecule has 0 spiro atoms. The summed E-state index contributed by atoms with van der Waals surface area (Å²) in [5.74, 6) is 0.785. The van der Waals surface area contributed by atoms with Crippen LogP contribution in [0, 0.1) is 0 Å². The van der Waals surface area contributed by atoms with Gasteiger partial charge in [0.1, 0.15) is 11.4 Å². The van der Waals surface area contributed by atoms with Crippen molar-refractivity contribution in [3.8, 4) is 5.75 Å². The van der Waals surface area contributed by atoms with Gasteiger partial charge in [0.05, 0.1) is 7.11 Å². The third-order valence-corrected chi connectivity index (χ3v) is 4.85. The summed E-state index contributed by atoms with van der Waals surface area (Å²) in [4.78, 5) is 11.9. The molecule has 0 radical (unpaired) electrons. The van der Waals surface area contributed by atoms with Gasteiger partial charge in [0.15, 0.2) is 0 Å². The number of carbonyl (C=O) groups excluding carboxylic acids is 1. The number of hydrogen-bond acceptors (Lipinski definition) is 4. The van der Waals surface area contributed by atoms with Gasteiger partial charge >= 0.3 is 6.09 Å². The van der Waals surface area contributed by atoms with Crippen LogP contribution in [-0.2, 0) is 10.2 Å². The van der Waals surface area contributed by atoms with Gasteiger partial charge in [0.2, 0.25) is 0 Å². The van der Waals surface area contributed by atoms with Gasteiger partial charge in [-0.3, -0.25) is 5.32 Å². The van der Waals surface area contributed by atoms with Crippen molar-refractivity contribution in [3.05, 3.63) is 23.8 Å². The fourth-order valence-electron chi connectivity index (χ4n) is 3.36. The number of rotatable bonds is 4. The Kier molecular flexibility index (Phi) is 3.59. The van der Waals surface area contributed by atoms with Crippen LogP contribution >= 0.6 is 0 Å². The van der Waals surface area contributed by atoms with Crippen molar-refractivity contribution in [2.75, 3.05) is 12.4 Å². The number of methoxy groups -OCH3 is 1. The summed E-state index contributed by atoms with van der Waals surface area (Å²) in [6.07, 6.45) is 3.91. The quantitative estimate of drug-likeness (QED) is 0.890. The van der Waals surface area contributed by atoms with E-state index in [0.717, 1.165) is 37.0 Å². The van der Waals surface area contributed by atoms with Crippen molar-refractivity contribution in [2.24, 2.45) is 5.73 Å². The first-order valence-electron chi connectivity index (χ1n) is 8.17. The van der Waals surface area contributed by atoms with Crippen LogP contribution in [0.1, 0.15) is 52.0 Å². The third kappa shape index (κ3) is 3.02. The average Bonchev–Trinajstić information content (AvgIpc) is 3.32. The summed E-state index contributed by atoms with van der Waals surface area (Å²) in [6.45, 7) is 5.51. The zero-order valence-corrected chi connectivity index (χ0v) is 14.4. The minimum Gasteiger partial charge on any atom is -0.496 e. The largest absolute Gasteiger partial charge is 0.496 e. The van der Waals surface area contributed by atoms with Crippen molar-refractivity contribution in [1.29, 1.82) is 0 Å². The molecule has 2 aliphatic rings. The summed E-state index contributed by atoms with van der Waals surface area (Å²) in [6, 6.07) is 5.78. The maximum Gasteiger partial charge on any atom is 0.412 e. The molecule has 1 aromatic carbocycles. The normalized spacial score (nSPS) is 20.6. The van der Waals surface area contributed by atoms with Crippen molar-refractivity contribution in [3.63, 3.8) is 0 Å². The monoisotopic (exact) mass is 318 g/mol. The molecule has 3 N–H and O–H groups in total. The van der Waals surface area contributed by atoms with E-state index in [-0.39, 0.29) is 11.0 Å². The lowest BCUT2D eigenvalue weighted by Gasteiger charge is -2.26. The van der Waals surface area contributed by atoms with Gasteiger partial charge in [-0.15, -0.1) is 0 Å². The summed E-state index contributed by atoms with van der Waals surface area (Å²) in [5.41, 5.74) is 7.78. The Morgan fingerprint density at radius 3 is 2.35 bits per heavy atom. The Balaban J connectivity index is 1.80. The molecule has 1 amide bonds. The molecule has 2 fully saturated rings. The Morgan fingerprint density at radius 2 is 1.87 bits per heavy atom. The first-order chi connectivity index (χ1) is 10.7. The van der Waals surface area contributed by atoms with Crippen LogP contribution in [0.15, 0.2) is 18.2 Å². The van der Waals surface area contributed by atoms with Crippen LogP contribution in [0.4, 0.5) is 10.5 Å². The van der Waals surface area contributed by atoms with E-state index in [4.69, 9.17) is 15.2 Å². The number of ether oxygens (including phenoxy) is 2. The number of nitrogens with one attached hydrogen (secondary N) is 1. The Bertz CT molecular complexity index is 626. The molecule has 0 atom stereocenters. The van der Waals surface area contributed by atoms with E-state index >= 15 is 0 Å². The van der Waals surface area contributed by atoms with E-state index < -0.39 is 11.7 Å². The molecule has 0 heterocycles. The van der Waals surface area contributed by atoms with Crippen molar-refractivity contribution in [1.82, 2.24) is 0 Å². The molecule has 2 saturated carbocycles. The zero-order chi connectivity index (χ0) is 16.9. The summed E-state index contributed by atoms with van der Waals surface area (Å²) >= 11 is 0. The number of benzene rings is 1. The fourth-order valence-corrected chi connectivity index (χ4v) is 3.36. The van der Waals surface area contributed by atoms with Crippen LogP contribution in [0.5, 0.6) is 5.75 Å². The third-order valence-electron chi connectivity index (χ3n) is 4.85. The second kappa shape index (κ2) is 5.13. The number of hydrogen-bond donors (Lipinski definition) is 2. The lowest BCUT2D eigenvalue weighted by Crippen LogP contribution is -2.37. The highest BCUT2D eigenvalue weighted by Gasteiger charge is 2.64. The molecule has 126 valence electrons. The maximum atomic E-state index is 11.9. The fraction of sp³-hybridized carbons (Fsp3) is 0.611. The first-order valence-corrected chi connectivity index (χ1v) is 8.17. The standard InChI is InChI=1S/C18H26N2O3/c1-16(2,3)23-15(21)20-12-5-6-13(14(11-12)22-4)17(7-8-17)18(19)9-10-18/h5-6,11H,7-10,19H2,1-4H3,(H,20,21). The predicted molar refractivity (Wildman–Crippen MR) is 89.9 cm³/mol. The van der Waals surface area contributed by atoms with Crippen molar-refractivity contribution < 1.29 is 14.3 Å². The molecule has 5 heteroatoms. The van der Waals surface area contributed by atoms with E-state index in [2.05, 4.69) is 5.32 Å². The molecule has 0 bridgehead atoms. The Labute approximate surface area is 137 Å². The predicted octanol–water partition coefficient (Wildman–Crippen LogP) is 3.57. The second-order valence-corrected chi connectivity index (χ2v) is 7.78. The Morgan fingerprint density at radius 1 is 1.22 bits per heavy atom. The van der Waals surface area contributed by atoms with Gasteiger partial charge in [-0.25, -0.2) is 4.79 Å². The summed E-state index contributed by atoms with van der Waals surface area (Å²) < 4.78 is 10.8. The van der Waals surface area contributed by atoms with Crippen molar-refractivity contribution in [2.45, 2.75) is 63.0 Å². The Hall–Kier alpha value is -1.75. The topological polar surface area (TPSA) is 73.6 Å². The van der Waals surface area contributed by atoms with E-state index in [1.54, 1.807) is 7.11 Å². The number of nitrogens with two attached hydrogens (primary N) is 1. The van der Waals surface area contributed by atoms with Crippen LogP contribution in [0.3, 0.4) is 0 Å². The minimum absolute atomic E-state index is 0.0583. The molecule has 3 rings (SSSR count). The smallest absolute Gasteiger partial charge is 0.412 e. The zero-order valence-electron chi connectivity index (χ0n) is 14.4. The van der Waals surface area contributed by atoms with E-state index in [1.807, 2.05) is 39.0 Å². The molecule has 0 aromatic heterocycles. The first kappa shape index (κ1) is 16.1. The number of anilines is 1. The van der Waals surface area contributed by atoms with Gasteiger partial charge in [-0.05, 0) is 52.5 Å². The average molecular weight is 318 g/mol. The molecular weight excluding hydrogens is 292 g/mol. The second-order valence-electron chi connectivity index (χ2n) is 7.78. The van der Waals surface area contributed by atoms with Gasteiger partial charge in [0, 0.05) is 28.3 Å². The van der Waals surface area contributed by atoms with E-state index in [0.29, 0.717) is 5.69 Å². The summed E-state index contributed by atoms with van der Waals surface area (Å²) in [7, 11) is 1.66. The molecule has 0 saturated heterocycles. The van der Waals surface area contributed by atoms with Gasteiger partial charge in [-0.2, -0.15) is 0 Å². The van der Waals surface area contributed by atoms with Gasteiger partial charge in [0.25, 0.3) is 0 Å². The van der Waals surface area contributed by atoms with Gasteiger partial charge in [-0.1, -0.05) is 6.07 Å². The molecular formula is C18H26N2O3. The molecule has 23 heavy (non-hydrogen) atoms. The highest BCUT2D eigenvalue weighted by Crippen LogP contribution is 2.65. The molecule has 2 aliphatic carbocycles. The highest BCUT2D eigenvalue weighted by atomic mass is 16.6. The van der Waals surface area contributed by atoms with Gasteiger partial charge < -0.3 is 15.2 Å². The van der Waals surface area contributed by atoms with E-state index in [9.17, 15) is 4.79 Å². The van der Waals surface area contributed by atoms with Crippen LogP contribution in [0.2, 0.25) is 0 Å². The lowest BCUT2D eigenvalue weighted by molar-refractivity contribution is 0.0636. The van der Waals surface area contributed by atoms with Crippen LogP contribution in [-0.4, -0.2) is 24.3 Å². The molecule has 1 aromatic rings. The highest BCUT2D eigenvalue weighted by molar-refractivity contribution is 5.85. The SMILES string of the molecule is COc1cc(NC(=O)OC(C)(C)C)ccc1C1(C2(N)CC2)CC1. The van der Waals surface area contributed by atoms with E-state index in [1.165, 1.54) is 0 Å². The number of amides is 1. The van der Waals surface area contributed by atoms with Crippen LogP contribution in [0.25, 0.3) is 0 Å². The maximum absolute atomic E-state index is 11.9. The van der Waals surface area contributed by atoms with Crippen LogP contribution < -0.4 is 15.8 Å².